The third-order valence-corrected chi connectivity index (χ3v) is 5.66. The lowest BCUT2D eigenvalue weighted by atomic mass is 10.0. The van der Waals surface area contributed by atoms with Crippen LogP contribution in [0.1, 0.15) is 37.3 Å². The lowest BCUT2D eigenvalue weighted by Gasteiger charge is -2.31. The van der Waals surface area contributed by atoms with Crippen molar-refractivity contribution >= 4 is 21.4 Å². The van der Waals surface area contributed by atoms with Crippen LogP contribution < -0.4 is 5.73 Å². The number of fused-ring (bicyclic) bond motifs is 1. The fraction of sp³-hybridized carbons (Fsp3) is 0.529. The molecule has 1 aromatic carbocycles. The van der Waals surface area contributed by atoms with Crippen LogP contribution in [0.25, 0.3) is 10.1 Å². The van der Waals surface area contributed by atoms with Crippen LogP contribution in [0.5, 0.6) is 0 Å². The maximum Gasteiger partial charge on any atom is 0.0487 e. The Bertz CT molecular complexity index is 598. The highest BCUT2D eigenvalue weighted by Crippen LogP contribution is 2.41. The Hall–Kier alpha value is -0.900. The van der Waals surface area contributed by atoms with Crippen LogP contribution in [0.4, 0.5) is 0 Å². The van der Waals surface area contributed by atoms with Crippen molar-refractivity contribution in [3.63, 3.8) is 0 Å². The standard InChI is InChI=1S/C17H22N2S/c18-9-16(19(13-7-8-13)10-12-5-6-12)15-11-20-17-4-2-1-3-14(15)17/h1-4,11-13,16H,5-10,18H2. The summed E-state index contributed by atoms with van der Waals surface area (Å²) in [6, 6.07) is 9.96. The molecule has 2 aliphatic rings. The normalized spacial score (nSPS) is 20.7. The van der Waals surface area contributed by atoms with Crippen molar-refractivity contribution < 1.29 is 0 Å². The molecule has 2 aromatic rings. The van der Waals surface area contributed by atoms with Gasteiger partial charge in [0.15, 0.2) is 0 Å². The van der Waals surface area contributed by atoms with Gasteiger partial charge in [-0.3, -0.25) is 4.90 Å². The third-order valence-electron chi connectivity index (χ3n) is 4.68. The summed E-state index contributed by atoms with van der Waals surface area (Å²) in [6.07, 6.45) is 5.58. The number of nitrogens with zero attached hydrogens (tertiary/aromatic N) is 1. The van der Waals surface area contributed by atoms with Crippen molar-refractivity contribution in [2.75, 3.05) is 13.1 Å². The minimum absolute atomic E-state index is 0.416. The summed E-state index contributed by atoms with van der Waals surface area (Å²) in [6.45, 7) is 2.00. The zero-order chi connectivity index (χ0) is 13.5. The molecule has 0 spiro atoms. The van der Waals surface area contributed by atoms with Gasteiger partial charge in [0.25, 0.3) is 0 Å². The molecular formula is C17H22N2S. The number of hydrogen-bond acceptors (Lipinski definition) is 3. The van der Waals surface area contributed by atoms with Gasteiger partial charge in [-0.2, -0.15) is 0 Å². The molecule has 106 valence electrons. The molecule has 0 bridgehead atoms. The van der Waals surface area contributed by atoms with Gasteiger partial charge in [-0.25, -0.2) is 0 Å². The number of benzene rings is 1. The Morgan fingerprint density at radius 1 is 1.20 bits per heavy atom. The Labute approximate surface area is 124 Å². The first kappa shape index (κ1) is 12.8. The van der Waals surface area contributed by atoms with E-state index in [1.165, 1.54) is 47.9 Å². The molecule has 0 radical (unpaired) electrons. The number of hydrogen-bond donors (Lipinski definition) is 1. The molecule has 0 amide bonds. The molecule has 2 nitrogen and oxygen atoms in total. The van der Waals surface area contributed by atoms with Crippen LogP contribution in [0.3, 0.4) is 0 Å². The van der Waals surface area contributed by atoms with Crippen LogP contribution in [0.15, 0.2) is 29.6 Å². The van der Waals surface area contributed by atoms with E-state index in [1.54, 1.807) is 0 Å². The molecule has 4 rings (SSSR count). The van der Waals surface area contributed by atoms with Crippen LogP contribution in [-0.2, 0) is 0 Å². The molecule has 0 aliphatic heterocycles. The van der Waals surface area contributed by atoms with Crippen molar-refractivity contribution in [3.8, 4) is 0 Å². The second-order valence-corrected chi connectivity index (χ2v) is 7.22. The maximum absolute atomic E-state index is 6.18. The Kier molecular flexibility index (Phi) is 3.29. The van der Waals surface area contributed by atoms with Gasteiger partial charge >= 0.3 is 0 Å². The smallest absolute Gasteiger partial charge is 0.0487 e. The molecule has 20 heavy (non-hydrogen) atoms. The Morgan fingerprint density at radius 3 is 2.70 bits per heavy atom. The monoisotopic (exact) mass is 286 g/mol. The second kappa shape index (κ2) is 5.14. The van der Waals surface area contributed by atoms with E-state index >= 15 is 0 Å². The molecular weight excluding hydrogens is 264 g/mol. The molecule has 2 fully saturated rings. The average Bonchev–Trinajstić information content (AvgIpc) is 3.38. The summed E-state index contributed by atoms with van der Waals surface area (Å²) in [5, 5.41) is 3.75. The Balaban J connectivity index is 1.68. The second-order valence-electron chi connectivity index (χ2n) is 6.31. The maximum atomic E-state index is 6.18. The molecule has 1 aromatic heterocycles. The fourth-order valence-electron chi connectivity index (χ4n) is 3.23. The molecule has 2 N–H and O–H groups in total. The van der Waals surface area contributed by atoms with E-state index in [4.69, 9.17) is 5.73 Å². The summed E-state index contributed by atoms with van der Waals surface area (Å²) in [5.41, 5.74) is 7.64. The first-order chi connectivity index (χ1) is 9.86. The van der Waals surface area contributed by atoms with E-state index in [2.05, 4.69) is 34.5 Å². The summed E-state index contributed by atoms with van der Waals surface area (Å²) < 4.78 is 1.39. The predicted octanol–water partition coefficient (Wildman–Crippen LogP) is 3.78. The molecule has 2 aliphatic carbocycles. The van der Waals surface area contributed by atoms with Crippen molar-refractivity contribution in [1.29, 1.82) is 0 Å². The molecule has 0 saturated heterocycles. The molecule has 2 saturated carbocycles. The van der Waals surface area contributed by atoms with Crippen molar-refractivity contribution in [2.24, 2.45) is 11.7 Å². The van der Waals surface area contributed by atoms with Gasteiger partial charge in [0.2, 0.25) is 0 Å². The molecule has 3 heteroatoms. The first-order valence-corrected chi connectivity index (χ1v) is 8.66. The summed E-state index contributed by atoms with van der Waals surface area (Å²) in [7, 11) is 0. The highest BCUT2D eigenvalue weighted by Gasteiger charge is 2.38. The van der Waals surface area contributed by atoms with E-state index in [9.17, 15) is 0 Å². The fourth-order valence-corrected chi connectivity index (χ4v) is 4.24. The van der Waals surface area contributed by atoms with Crippen LogP contribution in [0, 0.1) is 5.92 Å². The quantitative estimate of drug-likeness (QED) is 0.875. The van der Waals surface area contributed by atoms with Crippen molar-refractivity contribution in [3.05, 3.63) is 35.2 Å². The number of nitrogens with two attached hydrogens (primary N) is 1. The average molecular weight is 286 g/mol. The molecule has 1 atom stereocenters. The van der Waals surface area contributed by atoms with E-state index in [-0.39, 0.29) is 0 Å². The SMILES string of the molecule is NCC(c1csc2ccccc12)N(CC1CC1)C1CC1. The van der Waals surface area contributed by atoms with Gasteiger partial charge in [-0.05, 0) is 54.0 Å². The Morgan fingerprint density at radius 2 is 2.00 bits per heavy atom. The number of thiophene rings is 1. The highest BCUT2D eigenvalue weighted by atomic mass is 32.1. The summed E-state index contributed by atoms with van der Waals surface area (Å²) in [4.78, 5) is 2.71. The largest absolute Gasteiger partial charge is 0.329 e. The summed E-state index contributed by atoms with van der Waals surface area (Å²) >= 11 is 1.86. The third kappa shape index (κ3) is 2.39. The zero-order valence-corrected chi connectivity index (χ0v) is 12.6. The van der Waals surface area contributed by atoms with E-state index in [1.807, 2.05) is 11.3 Å². The first-order valence-electron chi connectivity index (χ1n) is 7.78. The van der Waals surface area contributed by atoms with Crippen LogP contribution >= 0.6 is 11.3 Å². The zero-order valence-electron chi connectivity index (χ0n) is 11.8. The topological polar surface area (TPSA) is 29.3 Å². The summed E-state index contributed by atoms with van der Waals surface area (Å²) in [5.74, 6) is 0.939. The van der Waals surface area contributed by atoms with Crippen molar-refractivity contribution in [2.45, 2.75) is 37.8 Å². The van der Waals surface area contributed by atoms with Gasteiger partial charge in [-0.15, -0.1) is 11.3 Å². The number of rotatable bonds is 6. The van der Waals surface area contributed by atoms with Gasteiger partial charge < -0.3 is 5.73 Å². The van der Waals surface area contributed by atoms with E-state index < -0.39 is 0 Å². The lowest BCUT2D eigenvalue weighted by molar-refractivity contribution is 0.184. The highest BCUT2D eigenvalue weighted by molar-refractivity contribution is 7.17. The van der Waals surface area contributed by atoms with E-state index in [0.29, 0.717) is 6.04 Å². The van der Waals surface area contributed by atoms with Crippen LogP contribution in [-0.4, -0.2) is 24.0 Å². The van der Waals surface area contributed by atoms with Gasteiger partial charge in [0.05, 0.1) is 0 Å². The van der Waals surface area contributed by atoms with Gasteiger partial charge in [0.1, 0.15) is 0 Å². The minimum atomic E-state index is 0.416. The van der Waals surface area contributed by atoms with Gasteiger partial charge in [-0.1, -0.05) is 18.2 Å². The predicted molar refractivity (Wildman–Crippen MR) is 86.1 cm³/mol. The molecule has 1 unspecified atom stereocenters. The minimum Gasteiger partial charge on any atom is -0.329 e. The lowest BCUT2D eigenvalue weighted by Crippen LogP contribution is -2.36. The van der Waals surface area contributed by atoms with Crippen molar-refractivity contribution in [1.82, 2.24) is 4.90 Å². The van der Waals surface area contributed by atoms with Crippen LogP contribution in [0.2, 0.25) is 0 Å². The van der Waals surface area contributed by atoms with Gasteiger partial charge in [0, 0.05) is 29.9 Å². The molecule has 1 heterocycles. The van der Waals surface area contributed by atoms with E-state index in [0.717, 1.165) is 18.5 Å².